The van der Waals surface area contributed by atoms with Crippen LogP contribution in [0.15, 0.2) is 99.4 Å². The topological polar surface area (TPSA) is 128 Å². The minimum absolute atomic E-state index is 0.0461. The molecule has 0 atom stereocenters. The molecule has 0 heterocycles. The first-order valence-electron chi connectivity index (χ1n) is 10.0. The van der Waals surface area contributed by atoms with E-state index in [1.54, 1.807) is 24.3 Å². The highest BCUT2D eigenvalue weighted by Crippen LogP contribution is 2.26. The Balaban J connectivity index is 1.52. The van der Waals surface area contributed by atoms with Crippen LogP contribution >= 0.6 is 15.9 Å². The zero-order chi connectivity index (χ0) is 25.0. The predicted octanol–water partition coefficient (Wildman–Crippen LogP) is 5.04. The van der Waals surface area contributed by atoms with Gasteiger partial charge in [0.15, 0.2) is 5.75 Å². The van der Waals surface area contributed by atoms with Gasteiger partial charge in [0.05, 0.1) is 11.1 Å². The Labute approximate surface area is 208 Å². The van der Waals surface area contributed by atoms with Gasteiger partial charge in [-0.25, -0.2) is 5.43 Å². The van der Waals surface area contributed by atoms with Crippen LogP contribution in [0.25, 0.3) is 10.8 Å². The average molecular weight is 554 g/mol. The van der Waals surface area contributed by atoms with Gasteiger partial charge in [0.1, 0.15) is 4.90 Å². The van der Waals surface area contributed by atoms with Crippen molar-refractivity contribution in [3.8, 4) is 5.75 Å². The zero-order valence-corrected chi connectivity index (χ0v) is 20.2. The standard InChI is InChI=1S/C24H16BrN3O6S/c25-20-7-12-23(34-35(32,33)22-10-8-21(9-11-22)28(30)31)19(14-20)15-26-27-24(29)18-6-5-16-3-1-2-4-17(16)13-18/h1-15H,(H,27,29)/b26-15-. The molecule has 0 saturated heterocycles. The van der Waals surface area contributed by atoms with E-state index >= 15 is 0 Å². The zero-order valence-electron chi connectivity index (χ0n) is 17.8. The Morgan fingerprint density at radius 3 is 2.40 bits per heavy atom. The summed E-state index contributed by atoms with van der Waals surface area (Å²) in [7, 11) is -4.28. The Morgan fingerprint density at radius 2 is 1.69 bits per heavy atom. The number of benzene rings is 4. The lowest BCUT2D eigenvalue weighted by Gasteiger charge is -2.10. The van der Waals surface area contributed by atoms with E-state index in [2.05, 4.69) is 26.5 Å². The number of carbonyl (C=O) groups is 1. The molecule has 0 radical (unpaired) electrons. The molecule has 0 aromatic heterocycles. The second-order valence-electron chi connectivity index (χ2n) is 7.23. The van der Waals surface area contributed by atoms with Crippen LogP contribution in [0, 0.1) is 10.1 Å². The maximum atomic E-state index is 12.7. The van der Waals surface area contributed by atoms with E-state index in [0.717, 1.165) is 35.0 Å². The van der Waals surface area contributed by atoms with Gasteiger partial charge in [-0.3, -0.25) is 14.9 Å². The molecule has 9 nitrogen and oxygen atoms in total. The Kier molecular flexibility index (Phi) is 6.90. The number of carbonyl (C=O) groups excluding carboxylic acids is 1. The third kappa shape index (κ3) is 5.70. The number of rotatable bonds is 7. The highest BCUT2D eigenvalue weighted by molar-refractivity contribution is 9.10. The molecule has 0 aliphatic carbocycles. The monoisotopic (exact) mass is 553 g/mol. The normalized spacial score (nSPS) is 11.5. The molecule has 0 bridgehead atoms. The highest BCUT2D eigenvalue weighted by atomic mass is 79.9. The summed E-state index contributed by atoms with van der Waals surface area (Å²) in [6.07, 6.45) is 1.25. The summed E-state index contributed by atoms with van der Waals surface area (Å²) in [4.78, 5) is 22.4. The number of halogens is 1. The van der Waals surface area contributed by atoms with Crippen molar-refractivity contribution in [1.29, 1.82) is 0 Å². The average Bonchev–Trinajstić information content (AvgIpc) is 2.85. The molecule has 1 N–H and O–H groups in total. The first-order chi connectivity index (χ1) is 16.7. The van der Waals surface area contributed by atoms with E-state index in [1.807, 2.05) is 30.3 Å². The fraction of sp³-hybridized carbons (Fsp3) is 0. The Bertz CT molecular complexity index is 1570. The number of nitrogens with zero attached hydrogens (tertiary/aromatic N) is 2. The summed E-state index contributed by atoms with van der Waals surface area (Å²) in [6.45, 7) is 0. The van der Waals surface area contributed by atoms with Crippen molar-refractivity contribution in [2.45, 2.75) is 4.90 Å². The maximum Gasteiger partial charge on any atom is 0.339 e. The van der Waals surface area contributed by atoms with Crippen molar-refractivity contribution in [1.82, 2.24) is 5.43 Å². The van der Waals surface area contributed by atoms with E-state index in [1.165, 1.54) is 12.3 Å². The first-order valence-corrected chi connectivity index (χ1v) is 12.2. The second kappa shape index (κ2) is 10.0. The van der Waals surface area contributed by atoms with Gasteiger partial charge in [0, 0.05) is 27.7 Å². The van der Waals surface area contributed by atoms with Gasteiger partial charge in [0.2, 0.25) is 0 Å². The third-order valence-electron chi connectivity index (χ3n) is 4.89. The van der Waals surface area contributed by atoms with Crippen LogP contribution in [0.2, 0.25) is 0 Å². The highest BCUT2D eigenvalue weighted by Gasteiger charge is 2.20. The SMILES string of the molecule is O=C(N/N=C\c1cc(Br)ccc1OS(=O)(=O)c1ccc([N+](=O)[O-])cc1)c1ccc2ccccc2c1. The fourth-order valence-corrected chi connectivity index (χ4v) is 4.49. The van der Waals surface area contributed by atoms with Gasteiger partial charge >= 0.3 is 10.1 Å². The molecule has 11 heteroatoms. The minimum atomic E-state index is -4.28. The lowest BCUT2D eigenvalue weighted by Crippen LogP contribution is -2.17. The van der Waals surface area contributed by atoms with Gasteiger partial charge in [-0.2, -0.15) is 13.5 Å². The lowest BCUT2D eigenvalue weighted by molar-refractivity contribution is -0.384. The predicted molar refractivity (Wildman–Crippen MR) is 134 cm³/mol. The molecule has 0 aliphatic heterocycles. The van der Waals surface area contributed by atoms with Gasteiger partial charge in [-0.05, 0) is 53.2 Å². The molecular weight excluding hydrogens is 538 g/mol. The number of hydrogen-bond donors (Lipinski definition) is 1. The molecule has 0 aliphatic rings. The van der Waals surface area contributed by atoms with Crippen LogP contribution in [0.1, 0.15) is 15.9 Å². The van der Waals surface area contributed by atoms with Gasteiger partial charge in [-0.1, -0.05) is 46.3 Å². The number of amides is 1. The number of nitrogens with one attached hydrogen (secondary N) is 1. The Hall–Kier alpha value is -4.09. The Morgan fingerprint density at radius 1 is 0.971 bits per heavy atom. The fourth-order valence-electron chi connectivity index (χ4n) is 3.15. The molecule has 176 valence electrons. The van der Waals surface area contributed by atoms with Crippen LogP contribution in [-0.4, -0.2) is 25.5 Å². The van der Waals surface area contributed by atoms with E-state index in [-0.39, 0.29) is 21.9 Å². The maximum absolute atomic E-state index is 12.7. The summed E-state index contributed by atoms with van der Waals surface area (Å²) in [6, 6.07) is 21.7. The van der Waals surface area contributed by atoms with Crippen molar-refractivity contribution in [3.63, 3.8) is 0 Å². The van der Waals surface area contributed by atoms with Crippen LogP contribution in [0.4, 0.5) is 5.69 Å². The van der Waals surface area contributed by atoms with Crippen molar-refractivity contribution >= 4 is 54.6 Å². The minimum Gasteiger partial charge on any atom is -0.378 e. The summed E-state index contributed by atoms with van der Waals surface area (Å²) in [5.74, 6) is -0.488. The lowest BCUT2D eigenvalue weighted by atomic mass is 10.1. The van der Waals surface area contributed by atoms with Crippen LogP contribution in [0.3, 0.4) is 0 Å². The molecule has 0 fully saturated rings. The van der Waals surface area contributed by atoms with Gasteiger partial charge < -0.3 is 4.18 Å². The van der Waals surface area contributed by atoms with Crippen LogP contribution in [0.5, 0.6) is 5.75 Å². The largest absolute Gasteiger partial charge is 0.378 e. The number of nitro groups is 1. The molecule has 4 rings (SSSR count). The van der Waals surface area contributed by atoms with Gasteiger partial charge in [-0.15, -0.1) is 0 Å². The molecule has 1 amide bonds. The smallest absolute Gasteiger partial charge is 0.339 e. The van der Waals surface area contributed by atoms with Crippen molar-refractivity contribution < 1.29 is 22.3 Å². The first kappa shape index (κ1) is 24.0. The number of nitro benzene ring substituents is 1. The van der Waals surface area contributed by atoms with E-state index < -0.39 is 20.9 Å². The third-order valence-corrected chi connectivity index (χ3v) is 6.63. The van der Waals surface area contributed by atoms with E-state index in [9.17, 15) is 23.3 Å². The molecule has 35 heavy (non-hydrogen) atoms. The molecular formula is C24H16BrN3O6S. The molecule has 4 aromatic carbocycles. The number of non-ortho nitro benzene ring substituents is 1. The van der Waals surface area contributed by atoms with Crippen molar-refractivity contribution in [3.05, 3.63) is 111 Å². The van der Waals surface area contributed by atoms with Crippen molar-refractivity contribution in [2.75, 3.05) is 0 Å². The molecule has 0 saturated carbocycles. The van der Waals surface area contributed by atoms with E-state index in [0.29, 0.717) is 10.0 Å². The number of hydrazone groups is 1. The quantitative estimate of drug-likeness (QED) is 0.148. The molecule has 0 spiro atoms. The van der Waals surface area contributed by atoms with E-state index in [4.69, 9.17) is 4.18 Å². The summed E-state index contributed by atoms with van der Waals surface area (Å²) >= 11 is 3.31. The van der Waals surface area contributed by atoms with Crippen LogP contribution in [-0.2, 0) is 10.1 Å². The number of hydrogen-bond acceptors (Lipinski definition) is 7. The summed E-state index contributed by atoms with van der Waals surface area (Å²) < 4.78 is 31.2. The van der Waals surface area contributed by atoms with Crippen molar-refractivity contribution in [2.24, 2.45) is 5.10 Å². The molecule has 4 aromatic rings. The number of fused-ring (bicyclic) bond motifs is 1. The summed E-state index contributed by atoms with van der Waals surface area (Å²) in [5.41, 5.74) is 2.85. The second-order valence-corrected chi connectivity index (χ2v) is 9.69. The van der Waals surface area contributed by atoms with Gasteiger partial charge in [0.25, 0.3) is 11.6 Å². The summed E-state index contributed by atoms with van der Waals surface area (Å²) in [5, 5.41) is 16.6. The van der Waals surface area contributed by atoms with Crippen LogP contribution < -0.4 is 9.61 Å². The molecule has 0 unspecified atom stereocenters.